The highest BCUT2D eigenvalue weighted by Crippen LogP contribution is 2.43. The molecule has 10 nitrogen and oxygen atoms in total. The van der Waals surface area contributed by atoms with E-state index in [0.717, 1.165) is 22.3 Å². The standard InChI is InChI=1S/C17H16N4O6S2/c1-2-7-5-28-15-8(14(25)21(15)13(7)16(26)27)3-10(22)12(19-4-11(23)24)9-6-29-17(18)20-9/h2-3,6,12,15,19H,1,4-5H2,(H2,18,20)(H,23,24)(H,26,27). The Kier molecular flexibility index (Phi) is 5.86. The molecule has 0 bridgehead atoms. The first-order valence-corrected chi connectivity index (χ1v) is 10.1. The molecule has 5 N–H and O–H groups in total. The molecular weight excluding hydrogens is 420 g/mol. The average molecular weight is 436 g/mol. The van der Waals surface area contributed by atoms with Crippen LogP contribution in [-0.2, 0) is 19.2 Å². The lowest BCUT2D eigenvalue weighted by Gasteiger charge is -2.45. The summed E-state index contributed by atoms with van der Waals surface area (Å²) in [5, 5.41) is 22.0. The Hall–Kier alpha value is -2.96. The molecule has 0 aromatic carbocycles. The molecule has 2 unspecified atom stereocenters. The maximum absolute atomic E-state index is 12.8. The number of allylic oxidation sites excluding steroid dienone is 1. The van der Waals surface area contributed by atoms with Crippen LogP contribution >= 0.6 is 23.1 Å². The molecule has 0 spiro atoms. The smallest absolute Gasteiger partial charge is 0.352 e. The molecule has 1 amide bonds. The van der Waals surface area contributed by atoms with Crippen LogP contribution in [0.3, 0.4) is 0 Å². The molecule has 2 aliphatic heterocycles. The first kappa shape index (κ1) is 20.8. The quantitative estimate of drug-likeness (QED) is 0.331. The van der Waals surface area contributed by atoms with E-state index in [9.17, 15) is 24.3 Å². The fourth-order valence-electron chi connectivity index (χ4n) is 2.94. The molecule has 0 aliphatic carbocycles. The molecule has 0 saturated carbocycles. The number of fused-ring (bicyclic) bond motifs is 1. The highest BCUT2D eigenvalue weighted by Gasteiger charge is 2.49. The van der Waals surface area contributed by atoms with Gasteiger partial charge in [0.15, 0.2) is 10.9 Å². The van der Waals surface area contributed by atoms with Crippen molar-refractivity contribution in [2.24, 2.45) is 0 Å². The number of nitrogens with two attached hydrogens (primary N) is 1. The molecule has 1 aromatic rings. The van der Waals surface area contributed by atoms with Crippen LogP contribution in [0.4, 0.5) is 5.13 Å². The minimum Gasteiger partial charge on any atom is -0.480 e. The summed E-state index contributed by atoms with van der Waals surface area (Å²) in [6.07, 6.45) is 2.51. The predicted octanol–water partition coefficient (Wildman–Crippen LogP) is 0.376. The molecule has 3 heterocycles. The van der Waals surface area contributed by atoms with Crippen LogP contribution in [0.5, 0.6) is 0 Å². The predicted molar refractivity (Wildman–Crippen MR) is 106 cm³/mol. The minimum absolute atomic E-state index is 0.146. The normalized spacial score (nSPS) is 20.8. The monoisotopic (exact) mass is 436 g/mol. The van der Waals surface area contributed by atoms with Gasteiger partial charge in [0.1, 0.15) is 17.1 Å². The number of β-lactam (4-membered cyclic amide) rings is 1. The molecule has 2 atom stereocenters. The summed E-state index contributed by atoms with van der Waals surface area (Å²) < 4.78 is 0. The van der Waals surface area contributed by atoms with Crippen molar-refractivity contribution in [3.63, 3.8) is 0 Å². The number of hydrogen-bond donors (Lipinski definition) is 4. The van der Waals surface area contributed by atoms with Gasteiger partial charge in [-0.3, -0.25) is 24.6 Å². The number of nitrogen functional groups attached to an aromatic ring is 1. The highest BCUT2D eigenvalue weighted by atomic mass is 32.2. The van der Waals surface area contributed by atoms with Gasteiger partial charge in [-0.15, -0.1) is 23.1 Å². The zero-order valence-corrected chi connectivity index (χ0v) is 16.5. The maximum atomic E-state index is 12.8. The third-order valence-corrected chi connectivity index (χ3v) is 6.18. The number of anilines is 1. The Labute approximate surface area is 172 Å². The number of hydrogen-bond acceptors (Lipinski definition) is 9. The van der Waals surface area contributed by atoms with Crippen molar-refractivity contribution in [2.45, 2.75) is 11.4 Å². The molecule has 1 fully saturated rings. The van der Waals surface area contributed by atoms with Crippen molar-refractivity contribution in [1.82, 2.24) is 15.2 Å². The van der Waals surface area contributed by atoms with Gasteiger partial charge in [-0.25, -0.2) is 9.78 Å². The van der Waals surface area contributed by atoms with Crippen LogP contribution < -0.4 is 11.1 Å². The van der Waals surface area contributed by atoms with Crippen LogP contribution in [-0.4, -0.2) is 61.4 Å². The lowest BCUT2D eigenvalue weighted by Crippen LogP contribution is -2.56. The second-order valence-electron chi connectivity index (χ2n) is 6.04. The van der Waals surface area contributed by atoms with Gasteiger partial charge in [-0.05, 0) is 11.6 Å². The number of aromatic nitrogens is 1. The number of carbonyl (C=O) groups is 4. The van der Waals surface area contributed by atoms with E-state index in [0.29, 0.717) is 11.3 Å². The van der Waals surface area contributed by atoms with E-state index >= 15 is 0 Å². The number of carbonyl (C=O) groups excluding carboxylic acids is 2. The van der Waals surface area contributed by atoms with E-state index in [1.165, 1.54) is 23.2 Å². The van der Waals surface area contributed by atoms with E-state index in [-0.39, 0.29) is 22.1 Å². The van der Waals surface area contributed by atoms with Gasteiger partial charge >= 0.3 is 11.9 Å². The van der Waals surface area contributed by atoms with E-state index < -0.39 is 41.6 Å². The lowest BCUT2D eigenvalue weighted by molar-refractivity contribution is -0.141. The molecule has 1 saturated heterocycles. The highest BCUT2D eigenvalue weighted by molar-refractivity contribution is 8.00. The van der Waals surface area contributed by atoms with Crippen molar-refractivity contribution < 1.29 is 29.4 Å². The Bertz CT molecular complexity index is 982. The fourth-order valence-corrected chi connectivity index (χ4v) is 4.82. The van der Waals surface area contributed by atoms with Gasteiger partial charge < -0.3 is 15.9 Å². The van der Waals surface area contributed by atoms with Crippen LogP contribution in [0, 0.1) is 0 Å². The number of thiazole rings is 1. The van der Waals surface area contributed by atoms with Gasteiger partial charge in [-0.1, -0.05) is 12.7 Å². The average Bonchev–Trinajstić information content (AvgIpc) is 3.10. The van der Waals surface area contributed by atoms with Crippen molar-refractivity contribution >= 4 is 51.9 Å². The van der Waals surface area contributed by atoms with E-state index in [1.54, 1.807) is 0 Å². The van der Waals surface area contributed by atoms with Crippen molar-refractivity contribution in [2.75, 3.05) is 18.0 Å². The maximum Gasteiger partial charge on any atom is 0.352 e. The van der Waals surface area contributed by atoms with Crippen LogP contribution in [0.2, 0.25) is 0 Å². The Morgan fingerprint density at radius 1 is 1.45 bits per heavy atom. The lowest BCUT2D eigenvalue weighted by atomic mass is 9.98. The molecular formula is C17H16N4O6S2. The van der Waals surface area contributed by atoms with Gasteiger partial charge in [0.25, 0.3) is 5.91 Å². The SMILES string of the molecule is C=CC1=C(C(=O)O)N2C(=O)C(=CC(=O)C(NCC(=O)O)c3csc(N)n3)C2SC1. The number of carboxylic acid groups (broad SMARTS) is 2. The largest absolute Gasteiger partial charge is 0.480 e. The van der Waals surface area contributed by atoms with Gasteiger partial charge in [0.2, 0.25) is 0 Å². The first-order valence-electron chi connectivity index (χ1n) is 8.20. The van der Waals surface area contributed by atoms with Gasteiger partial charge in [-0.2, -0.15) is 0 Å². The van der Waals surface area contributed by atoms with Crippen LogP contribution in [0.25, 0.3) is 0 Å². The second-order valence-corrected chi connectivity index (χ2v) is 8.00. The zero-order valence-electron chi connectivity index (χ0n) is 14.8. The molecule has 3 rings (SSSR count). The Balaban J connectivity index is 1.87. The van der Waals surface area contributed by atoms with Crippen molar-refractivity contribution in [3.05, 3.63) is 46.6 Å². The summed E-state index contributed by atoms with van der Waals surface area (Å²) in [5.74, 6) is -3.25. The first-order chi connectivity index (χ1) is 13.7. The summed E-state index contributed by atoms with van der Waals surface area (Å²) >= 11 is 2.39. The van der Waals surface area contributed by atoms with E-state index in [1.807, 2.05) is 0 Å². The number of nitrogens with one attached hydrogen (secondary N) is 1. The Morgan fingerprint density at radius 2 is 2.17 bits per heavy atom. The number of aliphatic carboxylic acids is 2. The summed E-state index contributed by atoms with van der Waals surface area (Å²) in [4.78, 5) is 52.9. The summed E-state index contributed by atoms with van der Waals surface area (Å²) in [6, 6.07) is -1.10. The molecule has 152 valence electrons. The van der Waals surface area contributed by atoms with E-state index in [2.05, 4.69) is 16.9 Å². The number of thioether (sulfide) groups is 1. The van der Waals surface area contributed by atoms with E-state index in [4.69, 9.17) is 10.8 Å². The van der Waals surface area contributed by atoms with Gasteiger partial charge in [0.05, 0.1) is 17.8 Å². The zero-order chi connectivity index (χ0) is 21.3. The molecule has 0 radical (unpaired) electrons. The number of nitrogens with zero attached hydrogens (tertiary/aromatic N) is 2. The number of ketones is 1. The topological polar surface area (TPSA) is 163 Å². The molecule has 1 aromatic heterocycles. The van der Waals surface area contributed by atoms with Crippen LogP contribution in [0.15, 0.2) is 41.0 Å². The molecule has 29 heavy (non-hydrogen) atoms. The Morgan fingerprint density at radius 3 is 2.72 bits per heavy atom. The van der Waals surface area contributed by atoms with Gasteiger partial charge in [0, 0.05) is 11.1 Å². The number of amides is 1. The summed E-state index contributed by atoms with van der Waals surface area (Å²) in [6.45, 7) is 3.08. The third-order valence-electron chi connectivity index (χ3n) is 4.23. The second kappa shape index (κ2) is 8.19. The van der Waals surface area contributed by atoms with Crippen molar-refractivity contribution in [1.29, 1.82) is 0 Å². The summed E-state index contributed by atoms with van der Waals surface area (Å²) in [5.41, 5.74) is 6.27. The molecule has 12 heteroatoms. The molecule has 2 aliphatic rings. The third kappa shape index (κ3) is 3.95. The summed E-state index contributed by atoms with van der Waals surface area (Å²) in [7, 11) is 0. The fraction of sp³-hybridized carbons (Fsp3) is 0.235. The number of carboxylic acids is 2. The van der Waals surface area contributed by atoms with Crippen LogP contribution in [0.1, 0.15) is 11.7 Å². The van der Waals surface area contributed by atoms with Crippen molar-refractivity contribution in [3.8, 4) is 0 Å². The minimum atomic E-state index is -1.25. The number of rotatable bonds is 8.